The van der Waals surface area contributed by atoms with Gasteiger partial charge in [0.05, 0.1) is 0 Å². The van der Waals surface area contributed by atoms with Gasteiger partial charge >= 0.3 is 0 Å². The van der Waals surface area contributed by atoms with Crippen molar-refractivity contribution < 1.29 is 0 Å². The molecule has 0 heterocycles. The second-order valence-electron chi connectivity index (χ2n) is 2.55. The first kappa shape index (κ1) is 8.47. The van der Waals surface area contributed by atoms with Crippen molar-refractivity contribution in [3.05, 3.63) is 29.8 Å². The van der Waals surface area contributed by atoms with E-state index in [1.54, 1.807) is 0 Å². The van der Waals surface area contributed by atoms with Crippen LogP contribution in [0.15, 0.2) is 24.3 Å². The first-order valence-electron chi connectivity index (χ1n) is 3.62. The van der Waals surface area contributed by atoms with E-state index in [1.165, 1.54) is 5.56 Å². The molecule has 0 spiro atoms. The third-order valence-electron chi connectivity index (χ3n) is 1.73. The molecule has 0 amide bonds. The van der Waals surface area contributed by atoms with Crippen LogP contribution in [0, 0.1) is 0 Å². The van der Waals surface area contributed by atoms with Gasteiger partial charge in [-0.3, -0.25) is 0 Å². The monoisotopic (exact) mass is 167 g/mol. The highest BCUT2D eigenvalue weighted by Crippen LogP contribution is 2.26. The summed E-state index contributed by atoms with van der Waals surface area (Å²) in [7, 11) is 0. The second-order valence-corrected chi connectivity index (χ2v) is 3.73. The summed E-state index contributed by atoms with van der Waals surface area (Å²) >= 11 is 1.83. The minimum absolute atomic E-state index is 0.540. The Morgan fingerprint density at radius 3 is 2.73 bits per heavy atom. The van der Waals surface area contributed by atoms with Gasteiger partial charge in [-0.05, 0) is 30.9 Å². The van der Waals surface area contributed by atoms with Crippen LogP contribution in [-0.4, -0.2) is 6.26 Å². The molecule has 0 saturated heterocycles. The number of rotatable bonds is 2. The van der Waals surface area contributed by atoms with Gasteiger partial charge in [-0.2, -0.15) is 11.8 Å². The molecule has 0 aliphatic carbocycles. The zero-order chi connectivity index (χ0) is 8.27. The minimum atomic E-state index is 0.540. The largest absolute Gasteiger partial charge is 0.399 e. The average molecular weight is 167 g/mol. The molecule has 0 bridgehead atoms. The van der Waals surface area contributed by atoms with Crippen LogP contribution in [0.2, 0.25) is 0 Å². The van der Waals surface area contributed by atoms with Crippen molar-refractivity contribution in [3.8, 4) is 0 Å². The zero-order valence-corrected chi connectivity index (χ0v) is 7.69. The molecule has 0 aromatic heterocycles. The molecular weight excluding hydrogens is 154 g/mol. The van der Waals surface area contributed by atoms with E-state index < -0.39 is 0 Å². The van der Waals surface area contributed by atoms with Gasteiger partial charge in [-0.15, -0.1) is 0 Å². The molecule has 2 N–H and O–H groups in total. The molecule has 1 aromatic rings. The maximum absolute atomic E-state index is 5.64. The van der Waals surface area contributed by atoms with E-state index in [4.69, 9.17) is 5.73 Å². The summed E-state index contributed by atoms with van der Waals surface area (Å²) in [5, 5.41) is 0.540. The molecule has 0 saturated carbocycles. The average Bonchev–Trinajstić information content (AvgIpc) is 2.03. The predicted molar refractivity (Wildman–Crippen MR) is 52.8 cm³/mol. The van der Waals surface area contributed by atoms with E-state index in [0.29, 0.717) is 5.25 Å². The minimum Gasteiger partial charge on any atom is -0.399 e. The summed E-state index contributed by atoms with van der Waals surface area (Å²) in [5.41, 5.74) is 7.80. The lowest BCUT2D eigenvalue weighted by molar-refractivity contribution is 1.11. The van der Waals surface area contributed by atoms with E-state index >= 15 is 0 Å². The van der Waals surface area contributed by atoms with Gasteiger partial charge in [0.1, 0.15) is 0 Å². The molecule has 1 rings (SSSR count). The van der Waals surface area contributed by atoms with Crippen LogP contribution in [0.1, 0.15) is 17.7 Å². The third kappa shape index (κ3) is 2.15. The third-order valence-corrected chi connectivity index (χ3v) is 2.71. The van der Waals surface area contributed by atoms with Crippen molar-refractivity contribution >= 4 is 17.4 Å². The molecule has 1 nitrogen and oxygen atoms in total. The van der Waals surface area contributed by atoms with E-state index in [0.717, 1.165) is 5.69 Å². The lowest BCUT2D eigenvalue weighted by Crippen LogP contribution is -1.90. The van der Waals surface area contributed by atoms with Crippen molar-refractivity contribution in [1.82, 2.24) is 0 Å². The first-order valence-corrected chi connectivity index (χ1v) is 4.91. The summed E-state index contributed by atoms with van der Waals surface area (Å²) in [6.45, 7) is 2.18. The maximum atomic E-state index is 5.64. The van der Waals surface area contributed by atoms with Crippen LogP contribution in [0.4, 0.5) is 5.69 Å². The molecule has 1 atom stereocenters. The Labute approximate surface area is 72.0 Å². The Kier molecular flexibility index (Phi) is 2.83. The molecule has 0 aliphatic heterocycles. The second kappa shape index (κ2) is 3.67. The summed E-state index contributed by atoms with van der Waals surface area (Å²) in [6, 6.07) is 8.05. The topological polar surface area (TPSA) is 26.0 Å². The smallest absolute Gasteiger partial charge is 0.0317 e. The van der Waals surface area contributed by atoms with Crippen LogP contribution in [-0.2, 0) is 0 Å². The number of nitrogens with two attached hydrogens (primary N) is 1. The lowest BCUT2D eigenvalue weighted by atomic mass is 10.1. The highest BCUT2D eigenvalue weighted by molar-refractivity contribution is 7.98. The summed E-state index contributed by atoms with van der Waals surface area (Å²) in [5.74, 6) is 0. The molecule has 0 radical (unpaired) electrons. The molecular formula is C9H13NS. The Balaban J connectivity index is 2.86. The van der Waals surface area contributed by atoms with E-state index in [9.17, 15) is 0 Å². The number of hydrogen-bond acceptors (Lipinski definition) is 2. The Morgan fingerprint density at radius 2 is 2.18 bits per heavy atom. The Hall–Kier alpha value is -0.630. The maximum Gasteiger partial charge on any atom is 0.0317 e. The van der Waals surface area contributed by atoms with Gasteiger partial charge < -0.3 is 5.73 Å². The molecule has 11 heavy (non-hydrogen) atoms. The number of benzene rings is 1. The van der Waals surface area contributed by atoms with Crippen molar-refractivity contribution in [2.45, 2.75) is 12.2 Å². The zero-order valence-electron chi connectivity index (χ0n) is 6.87. The van der Waals surface area contributed by atoms with Gasteiger partial charge in [-0.1, -0.05) is 12.1 Å². The number of anilines is 1. The molecule has 0 aliphatic rings. The van der Waals surface area contributed by atoms with Crippen molar-refractivity contribution in [2.75, 3.05) is 12.0 Å². The quantitative estimate of drug-likeness (QED) is 0.685. The van der Waals surface area contributed by atoms with Crippen molar-refractivity contribution in [1.29, 1.82) is 0 Å². The van der Waals surface area contributed by atoms with Gasteiger partial charge in [0.2, 0.25) is 0 Å². The van der Waals surface area contributed by atoms with Crippen LogP contribution in [0.5, 0.6) is 0 Å². The van der Waals surface area contributed by atoms with Crippen LogP contribution < -0.4 is 5.73 Å². The first-order chi connectivity index (χ1) is 5.24. The van der Waals surface area contributed by atoms with Gasteiger partial charge in [-0.25, -0.2) is 0 Å². The summed E-state index contributed by atoms with van der Waals surface area (Å²) < 4.78 is 0. The lowest BCUT2D eigenvalue weighted by Gasteiger charge is -2.08. The standard InChI is InChI=1S/C9H13NS/c1-7(11-2)8-4-3-5-9(10)6-8/h3-7H,10H2,1-2H3. The SMILES string of the molecule is CSC(C)c1cccc(N)c1. The Morgan fingerprint density at radius 1 is 1.45 bits per heavy atom. The van der Waals surface area contributed by atoms with Gasteiger partial charge in [0.15, 0.2) is 0 Å². The fraction of sp³-hybridized carbons (Fsp3) is 0.333. The highest BCUT2D eigenvalue weighted by atomic mass is 32.2. The molecule has 60 valence electrons. The fourth-order valence-electron chi connectivity index (χ4n) is 0.948. The van der Waals surface area contributed by atoms with Crippen molar-refractivity contribution in [2.24, 2.45) is 0 Å². The van der Waals surface area contributed by atoms with E-state index in [2.05, 4.69) is 19.2 Å². The van der Waals surface area contributed by atoms with Gasteiger partial charge in [0, 0.05) is 10.9 Å². The van der Waals surface area contributed by atoms with Crippen LogP contribution in [0.3, 0.4) is 0 Å². The van der Waals surface area contributed by atoms with Crippen molar-refractivity contribution in [3.63, 3.8) is 0 Å². The number of thioether (sulfide) groups is 1. The molecule has 1 unspecified atom stereocenters. The molecule has 2 heteroatoms. The predicted octanol–water partition coefficient (Wildman–Crippen LogP) is 2.69. The van der Waals surface area contributed by atoms with Gasteiger partial charge in [0.25, 0.3) is 0 Å². The number of nitrogen functional groups attached to an aromatic ring is 1. The summed E-state index contributed by atoms with van der Waals surface area (Å²) in [6.07, 6.45) is 2.11. The Bertz CT molecular complexity index is 235. The molecule has 0 fully saturated rings. The van der Waals surface area contributed by atoms with Crippen LogP contribution in [0.25, 0.3) is 0 Å². The fourth-order valence-corrected chi connectivity index (χ4v) is 1.37. The summed E-state index contributed by atoms with van der Waals surface area (Å²) in [4.78, 5) is 0. The van der Waals surface area contributed by atoms with E-state index in [-0.39, 0.29) is 0 Å². The highest BCUT2D eigenvalue weighted by Gasteiger charge is 2.01. The normalized spacial score (nSPS) is 12.9. The number of hydrogen-bond donors (Lipinski definition) is 1. The van der Waals surface area contributed by atoms with Crippen LogP contribution >= 0.6 is 11.8 Å². The molecule has 1 aromatic carbocycles. The van der Waals surface area contributed by atoms with E-state index in [1.807, 2.05) is 30.0 Å².